The lowest BCUT2D eigenvalue weighted by atomic mass is 10.1. The number of fused-ring (bicyclic) bond motifs is 1. The topological polar surface area (TPSA) is 109 Å². The van der Waals surface area contributed by atoms with Crippen molar-refractivity contribution in [2.45, 2.75) is 39.2 Å². The van der Waals surface area contributed by atoms with E-state index in [0.29, 0.717) is 11.3 Å². The second kappa shape index (κ2) is 8.51. The third kappa shape index (κ3) is 5.78. The summed E-state index contributed by atoms with van der Waals surface area (Å²) in [5.74, 6) is 0. The zero-order valence-electron chi connectivity index (χ0n) is 15.7. The number of hydrogen-bond donors (Lipinski definition) is 2. The van der Waals surface area contributed by atoms with Crippen molar-refractivity contribution in [1.29, 1.82) is 0 Å². The van der Waals surface area contributed by atoms with E-state index in [-0.39, 0.29) is 45.6 Å². The average molecular weight is 436 g/mol. The van der Waals surface area contributed by atoms with Gasteiger partial charge in [0.15, 0.2) is 0 Å². The summed E-state index contributed by atoms with van der Waals surface area (Å²) in [5.41, 5.74) is -1.86. The molecule has 1 aromatic carbocycles. The molecule has 2 aromatic rings. The molecule has 0 aliphatic carbocycles. The van der Waals surface area contributed by atoms with Gasteiger partial charge >= 0.3 is 18.4 Å². The molecule has 29 heavy (non-hydrogen) atoms. The fourth-order valence-electron chi connectivity index (χ4n) is 2.25. The highest BCUT2D eigenvalue weighted by atomic mass is 32.1. The van der Waals surface area contributed by atoms with Gasteiger partial charge in [0.05, 0.1) is 35.6 Å². The summed E-state index contributed by atoms with van der Waals surface area (Å²) in [6.45, 7) is 3.90. The summed E-state index contributed by atoms with van der Waals surface area (Å²) in [6.07, 6.45) is -7.56. The molecule has 2 rings (SSSR count). The lowest BCUT2D eigenvalue weighted by Crippen LogP contribution is -2.40. The van der Waals surface area contributed by atoms with Crippen LogP contribution < -0.4 is 4.90 Å². The number of halogens is 3. The van der Waals surface area contributed by atoms with Gasteiger partial charge in [-0.15, -0.1) is 0 Å². The first kappa shape index (κ1) is 22.8. The highest BCUT2D eigenvalue weighted by molar-refractivity contribution is 7.22. The van der Waals surface area contributed by atoms with E-state index in [4.69, 9.17) is 14.6 Å². The third-order valence-corrected chi connectivity index (χ3v) is 4.33. The van der Waals surface area contributed by atoms with Gasteiger partial charge in [-0.05, 0) is 32.9 Å². The number of ether oxygens (including phenoxy) is 2. The smallest absolute Gasteiger partial charge is 0.426 e. The maximum Gasteiger partial charge on any atom is 0.426 e. The minimum atomic E-state index is -4.65. The summed E-state index contributed by atoms with van der Waals surface area (Å²) in [4.78, 5) is 28.1. The second-order valence-electron chi connectivity index (χ2n) is 6.85. The van der Waals surface area contributed by atoms with Gasteiger partial charge in [-0.25, -0.2) is 14.6 Å². The van der Waals surface area contributed by atoms with Gasteiger partial charge in [0, 0.05) is 5.56 Å². The summed E-state index contributed by atoms with van der Waals surface area (Å²) in [7, 11) is 0. The van der Waals surface area contributed by atoms with Crippen LogP contribution in [0.2, 0.25) is 0 Å². The van der Waals surface area contributed by atoms with Crippen LogP contribution in [0.4, 0.5) is 27.9 Å². The van der Waals surface area contributed by atoms with Crippen LogP contribution in [-0.2, 0) is 22.3 Å². The Morgan fingerprint density at radius 1 is 1.24 bits per heavy atom. The number of benzene rings is 1. The number of anilines is 1. The number of nitrogens with zero attached hydrogens (tertiary/aromatic N) is 2. The molecule has 0 radical (unpaired) electrons. The molecule has 8 nitrogen and oxygen atoms in total. The molecule has 0 saturated carbocycles. The largest absolute Gasteiger partial charge is 0.464 e. The third-order valence-electron chi connectivity index (χ3n) is 3.34. The van der Waals surface area contributed by atoms with Crippen molar-refractivity contribution in [2.75, 3.05) is 18.1 Å². The Kier molecular flexibility index (Phi) is 6.71. The van der Waals surface area contributed by atoms with Crippen LogP contribution in [0, 0.1) is 0 Å². The van der Waals surface area contributed by atoms with Gasteiger partial charge in [0.1, 0.15) is 5.60 Å². The highest BCUT2D eigenvalue weighted by Gasteiger charge is 2.34. The van der Waals surface area contributed by atoms with Crippen molar-refractivity contribution in [3.05, 3.63) is 23.3 Å². The molecule has 0 aliphatic heterocycles. The summed E-state index contributed by atoms with van der Waals surface area (Å²) >= 11 is 0.600. The van der Waals surface area contributed by atoms with Crippen LogP contribution in [0.15, 0.2) is 12.1 Å². The number of aromatic nitrogens is 1. The Bertz CT molecular complexity index is 907. The average Bonchev–Trinajstić information content (AvgIpc) is 2.95. The SMILES string of the molecule is CC(C)(C)OC(=O)N(C(=O)O)c1nc2c(COCCO)cc(C(F)(F)F)cc2s1. The lowest BCUT2D eigenvalue weighted by molar-refractivity contribution is -0.137. The number of hydrogen-bond acceptors (Lipinski definition) is 7. The predicted molar refractivity (Wildman–Crippen MR) is 98.1 cm³/mol. The van der Waals surface area contributed by atoms with Gasteiger partial charge < -0.3 is 19.7 Å². The van der Waals surface area contributed by atoms with E-state index >= 15 is 0 Å². The molecule has 0 spiro atoms. The number of amides is 2. The normalized spacial score (nSPS) is 12.2. The molecule has 0 unspecified atom stereocenters. The molecule has 12 heteroatoms. The van der Waals surface area contributed by atoms with Crippen LogP contribution in [0.5, 0.6) is 0 Å². The number of imide groups is 1. The number of rotatable bonds is 5. The van der Waals surface area contributed by atoms with Crippen molar-refractivity contribution in [3.8, 4) is 0 Å². The molecule has 0 fully saturated rings. The Morgan fingerprint density at radius 3 is 2.41 bits per heavy atom. The van der Waals surface area contributed by atoms with Crippen molar-refractivity contribution >= 4 is 38.9 Å². The molecule has 1 heterocycles. The zero-order valence-corrected chi connectivity index (χ0v) is 16.6. The van der Waals surface area contributed by atoms with Gasteiger partial charge in [-0.3, -0.25) is 0 Å². The number of aliphatic hydroxyl groups is 1. The Morgan fingerprint density at radius 2 is 1.90 bits per heavy atom. The number of carbonyl (C=O) groups is 2. The Balaban J connectivity index is 2.55. The van der Waals surface area contributed by atoms with Gasteiger partial charge in [-0.1, -0.05) is 11.3 Å². The number of thiazole rings is 1. The molecular formula is C17H19F3N2O6S. The predicted octanol–water partition coefficient (Wildman–Crippen LogP) is 4.24. The number of alkyl halides is 3. The van der Waals surface area contributed by atoms with Gasteiger partial charge in [0.25, 0.3) is 0 Å². The fraction of sp³-hybridized carbons (Fsp3) is 0.471. The van der Waals surface area contributed by atoms with E-state index in [1.807, 2.05) is 0 Å². The molecule has 0 bridgehead atoms. The number of aliphatic hydroxyl groups excluding tert-OH is 1. The molecule has 160 valence electrons. The van der Waals surface area contributed by atoms with Gasteiger partial charge in [-0.2, -0.15) is 18.1 Å². The van der Waals surface area contributed by atoms with Crippen LogP contribution in [-0.4, -0.2) is 46.2 Å². The summed E-state index contributed by atoms with van der Waals surface area (Å²) < 4.78 is 49.8. The lowest BCUT2D eigenvalue weighted by Gasteiger charge is -2.22. The van der Waals surface area contributed by atoms with E-state index in [1.54, 1.807) is 0 Å². The number of carboxylic acid groups (broad SMARTS) is 1. The molecule has 0 saturated heterocycles. The van der Waals surface area contributed by atoms with Crippen LogP contribution >= 0.6 is 11.3 Å². The standard InChI is InChI=1S/C17H19F3N2O6S/c1-16(2,3)28-15(26)22(14(24)25)13-21-12-9(8-27-5-4-23)6-10(17(18,19)20)7-11(12)29-13/h6-7,23H,4-5,8H2,1-3H3,(H,24,25). The van der Waals surface area contributed by atoms with E-state index in [9.17, 15) is 27.9 Å². The number of carbonyl (C=O) groups excluding carboxylic acids is 1. The maximum atomic E-state index is 13.2. The van der Waals surface area contributed by atoms with E-state index in [2.05, 4.69) is 4.98 Å². The second-order valence-corrected chi connectivity index (χ2v) is 7.86. The monoisotopic (exact) mass is 436 g/mol. The van der Waals surface area contributed by atoms with E-state index in [0.717, 1.165) is 12.1 Å². The quantitative estimate of drug-likeness (QED) is 0.675. The van der Waals surface area contributed by atoms with Crippen LogP contribution in [0.25, 0.3) is 10.2 Å². The van der Waals surface area contributed by atoms with Crippen molar-refractivity contribution < 1.29 is 42.4 Å². The minimum Gasteiger partial charge on any atom is -0.464 e. The summed E-state index contributed by atoms with van der Waals surface area (Å²) in [5, 5.41) is 17.8. The van der Waals surface area contributed by atoms with Crippen LogP contribution in [0.1, 0.15) is 31.9 Å². The van der Waals surface area contributed by atoms with Gasteiger partial charge in [0.2, 0.25) is 5.13 Å². The first-order chi connectivity index (χ1) is 13.3. The molecule has 2 N–H and O–H groups in total. The first-order valence-corrected chi connectivity index (χ1v) is 9.10. The highest BCUT2D eigenvalue weighted by Crippen LogP contribution is 2.38. The Hall–Kier alpha value is -2.44. The Labute approximate surface area is 167 Å². The molecule has 2 amide bonds. The molecule has 1 aromatic heterocycles. The molecular weight excluding hydrogens is 417 g/mol. The molecule has 0 aliphatic rings. The zero-order chi connectivity index (χ0) is 22.0. The first-order valence-electron chi connectivity index (χ1n) is 8.29. The molecule has 0 atom stereocenters. The van der Waals surface area contributed by atoms with E-state index in [1.165, 1.54) is 20.8 Å². The van der Waals surface area contributed by atoms with E-state index < -0.39 is 29.5 Å². The summed E-state index contributed by atoms with van der Waals surface area (Å²) in [6, 6.07) is 1.66. The van der Waals surface area contributed by atoms with Crippen molar-refractivity contribution in [1.82, 2.24) is 4.98 Å². The minimum absolute atomic E-state index is 0.0206. The van der Waals surface area contributed by atoms with Crippen molar-refractivity contribution in [3.63, 3.8) is 0 Å². The van der Waals surface area contributed by atoms with Crippen molar-refractivity contribution in [2.24, 2.45) is 0 Å². The van der Waals surface area contributed by atoms with Crippen LogP contribution in [0.3, 0.4) is 0 Å². The fourth-order valence-corrected chi connectivity index (χ4v) is 3.29. The maximum absolute atomic E-state index is 13.2.